The summed E-state index contributed by atoms with van der Waals surface area (Å²) in [5, 5.41) is 9.06. The predicted molar refractivity (Wildman–Crippen MR) is 77.7 cm³/mol. The number of aliphatic hydroxyl groups is 1. The van der Waals surface area contributed by atoms with E-state index in [0.717, 1.165) is 4.47 Å². The highest BCUT2D eigenvalue weighted by Gasteiger charge is 2.10. The van der Waals surface area contributed by atoms with Crippen LogP contribution < -0.4 is 0 Å². The third-order valence-electron chi connectivity index (χ3n) is 2.90. The molecule has 0 radical (unpaired) electrons. The first-order chi connectivity index (χ1) is 9.56. The molecule has 1 rings (SSSR count). The SMILES string of the molecule is COC(=O)CCCN(CCO)Cc1cc(Br)ccc1F. The van der Waals surface area contributed by atoms with Crippen LogP contribution in [-0.2, 0) is 16.1 Å². The topological polar surface area (TPSA) is 49.8 Å². The Hall–Kier alpha value is -0.980. The molecule has 0 amide bonds. The Morgan fingerprint density at radius 3 is 2.85 bits per heavy atom. The molecule has 6 heteroatoms. The first-order valence-electron chi connectivity index (χ1n) is 6.40. The summed E-state index contributed by atoms with van der Waals surface area (Å²) in [6.07, 6.45) is 0.932. The lowest BCUT2D eigenvalue weighted by Gasteiger charge is -2.21. The molecule has 0 saturated heterocycles. The molecule has 0 spiro atoms. The van der Waals surface area contributed by atoms with E-state index in [4.69, 9.17) is 5.11 Å². The van der Waals surface area contributed by atoms with E-state index in [0.29, 0.717) is 38.0 Å². The number of methoxy groups -OCH3 is 1. The van der Waals surface area contributed by atoms with E-state index in [2.05, 4.69) is 20.7 Å². The van der Waals surface area contributed by atoms with Crippen molar-refractivity contribution in [2.75, 3.05) is 26.8 Å². The van der Waals surface area contributed by atoms with E-state index in [-0.39, 0.29) is 18.4 Å². The average Bonchev–Trinajstić information content (AvgIpc) is 2.42. The molecule has 0 aromatic heterocycles. The van der Waals surface area contributed by atoms with Crippen LogP contribution in [0.25, 0.3) is 0 Å². The van der Waals surface area contributed by atoms with E-state index >= 15 is 0 Å². The van der Waals surface area contributed by atoms with Gasteiger partial charge in [0.15, 0.2) is 0 Å². The van der Waals surface area contributed by atoms with Crippen LogP contribution in [0.2, 0.25) is 0 Å². The monoisotopic (exact) mass is 347 g/mol. The van der Waals surface area contributed by atoms with Gasteiger partial charge in [-0.3, -0.25) is 9.69 Å². The van der Waals surface area contributed by atoms with Crippen LogP contribution in [0.4, 0.5) is 4.39 Å². The quantitative estimate of drug-likeness (QED) is 0.733. The zero-order chi connectivity index (χ0) is 15.0. The van der Waals surface area contributed by atoms with Gasteiger partial charge in [0.05, 0.1) is 13.7 Å². The van der Waals surface area contributed by atoms with Crippen molar-refractivity contribution < 1.29 is 19.0 Å². The second kappa shape index (κ2) is 9.05. The summed E-state index contributed by atoms with van der Waals surface area (Å²) in [4.78, 5) is 13.0. The van der Waals surface area contributed by atoms with Gasteiger partial charge in [-0.2, -0.15) is 0 Å². The minimum Gasteiger partial charge on any atom is -0.469 e. The normalized spacial score (nSPS) is 10.8. The second-order valence-electron chi connectivity index (χ2n) is 4.42. The van der Waals surface area contributed by atoms with Crippen LogP contribution >= 0.6 is 15.9 Å². The Labute approximate surface area is 126 Å². The number of ether oxygens (including phenoxy) is 1. The van der Waals surface area contributed by atoms with Gasteiger partial charge in [-0.1, -0.05) is 15.9 Å². The van der Waals surface area contributed by atoms with Crippen LogP contribution in [0.3, 0.4) is 0 Å². The third-order valence-corrected chi connectivity index (χ3v) is 3.39. The van der Waals surface area contributed by atoms with Gasteiger partial charge in [0.25, 0.3) is 0 Å². The van der Waals surface area contributed by atoms with Crippen LogP contribution in [0.5, 0.6) is 0 Å². The largest absolute Gasteiger partial charge is 0.469 e. The molecule has 0 heterocycles. The number of carbonyl (C=O) groups excluding carboxylic acids is 1. The van der Waals surface area contributed by atoms with Crippen LogP contribution in [0, 0.1) is 5.82 Å². The Morgan fingerprint density at radius 2 is 2.20 bits per heavy atom. The molecule has 0 aliphatic carbocycles. The number of carbonyl (C=O) groups is 1. The summed E-state index contributed by atoms with van der Waals surface area (Å²) in [6, 6.07) is 4.78. The lowest BCUT2D eigenvalue weighted by Crippen LogP contribution is -2.28. The van der Waals surface area contributed by atoms with Gasteiger partial charge in [-0.15, -0.1) is 0 Å². The molecule has 20 heavy (non-hydrogen) atoms. The third kappa shape index (κ3) is 5.98. The zero-order valence-electron chi connectivity index (χ0n) is 11.4. The standard InChI is InChI=1S/C14H19BrFNO3/c1-20-14(19)3-2-6-17(7-8-18)10-11-9-12(15)4-5-13(11)16/h4-5,9,18H,2-3,6-8,10H2,1H3. The lowest BCUT2D eigenvalue weighted by atomic mass is 10.2. The average molecular weight is 348 g/mol. The predicted octanol–water partition coefficient (Wildman–Crippen LogP) is 2.34. The molecular weight excluding hydrogens is 329 g/mol. The highest BCUT2D eigenvalue weighted by molar-refractivity contribution is 9.10. The molecule has 0 unspecified atom stereocenters. The van der Waals surface area contributed by atoms with Crippen molar-refractivity contribution in [2.45, 2.75) is 19.4 Å². The fourth-order valence-corrected chi connectivity index (χ4v) is 2.27. The van der Waals surface area contributed by atoms with Crippen molar-refractivity contribution in [1.82, 2.24) is 4.90 Å². The molecule has 1 N–H and O–H groups in total. The summed E-state index contributed by atoms with van der Waals surface area (Å²) in [5.74, 6) is -0.535. The maximum atomic E-state index is 13.7. The van der Waals surface area contributed by atoms with E-state index < -0.39 is 0 Å². The minimum absolute atomic E-state index is 0.00610. The summed E-state index contributed by atoms with van der Waals surface area (Å²) in [5.41, 5.74) is 0.561. The molecule has 0 atom stereocenters. The van der Waals surface area contributed by atoms with Crippen molar-refractivity contribution in [3.8, 4) is 0 Å². The van der Waals surface area contributed by atoms with Crippen molar-refractivity contribution in [3.63, 3.8) is 0 Å². The van der Waals surface area contributed by atoms with Crippen molar-refractivity contribution >= 4 is 21.9 Å². The van der Waals surface area contributed by atoms with Crippen molar-refractivity contribution in [3.05, 3.63) is 34.1 Å². The fraction of sp³-hybridized carbons (Fsp3) is 0.500. The molecule has 4 nitrogen and oxygen atoms in total. The zero-order valence-corrected chi connectivity index (χ0v) is 13.0. The Morgan fingerprint density at radius 1 is 1.45 bits per heavy atom. The summed E-state index contributed by atoms with van der Waals surface area (Å²) < 4.78 is 19.1. The van der Waals surface area contributed by atoms with Gasteiger partial charge in [0.1, 0.15) is 5.82 Å². The first-order valence-corrected chi connectivity index (χ1v) is 7.20. The van der Waals surface area contributed by atoms with E-state index in [9.17, 15) is 9.18 Å². The molecule has 0 aliphatic heterocycles. The number of hydrogen-bond donors (Lipinski definition) is 1. The molecule has 0 fully saturated rings. The summed E-state index contributed by atoms with van der Waals surface area (Å²) >= 11 is 3.31. The number of hydrogen-bond acceptors (Lipinski definition) is 4. The molecule has 1 aromatic rings. The number of esters is 1. The van der Waals surface area contributed by atoms with E-state index in [1.807, 2.05) is 4.90 Å². The van der Waals surface area contributed by atoms with Gasteiger partial charge in [0, 0.05) is 29.5 Å². The molecule has 0 saturated carbocycles. The van der Waals surface area contributed by atoms with Gasteiger partial charge in [-0.25, -0.2) is 4.39 Å². The highest BCUT2D eigenvalue weighted by atomic mass is 79.9. The lowest BCUT2D eigenvalue weighted by molar-refractivity contribution is -0.140. The van der Waals surface area contributed by atoms with Crippen molar-refractivity contribution in [1.29, 1.82) is 0 Å². The minimum atomic E-state index is -0.274. The first kappa shape index (κ1) is 17.1. The number of halogens is 2. The Bertz CT molecular complexity index is 442. The Balaban J connectivity index is 2.57. The van der Waals surface area contributed by atoms with Crippen molar-refractivity contribution in [2.24, 2.45) is 0 Å². The van der Waals surface area contributed by atoms with Crippen LogP contribution in [0.15, 0.2) is 22.7 Å². The van der Waals surface area contributed by atoms with Gasteiger partial charge in [-0.05, 0) is 31.2 Å². The number of aliphatic hydroxyl groups excluding tert-OH is 1. The molecular formula is C14H19BrFNO3. The van der Waals surface area contributed by atoms with Gasteiger partial charge in [0.2, 0.25) is 0 Å². The van der Waals surface area contributed by atoms with Crippen LogP contribution in [0.1, 0.15) is 18.4 Å². The highest BCUT2D eigenvalue weighted by Crippen LogP contribution is 2.17. The smallest absolute Gasteiger partial charge is 0.305 e. The van der Waals surface area contributed by atoms with E-state index in [1.54, 1.807) is 12.1 Å². The number of rotatable bonds is 8. The number of benzene rings is 1. The number of nitrogens with zero attached hydrogens (tertiary/aromatic N) is 1. The summed E-state index contributed by atoms with van der Waals surface area (Å²) in [7, 11) is 1.35. The molecule has 112 valence electrons. The molecule has 1 aromatic carbocycles. The maximum Gasteiger partial charge on any atom is 0.305 e. The molecule has 0 bridgehead atoms. The van der Waals surface area contributed by atoms with Gasteiger partial charge < -0.3 is 9.84 Å². The fourth-order valence-electron chi connectivity index (χ4n) is 1.87. The maximum absolute atomic E-state index is 13.7. The Kier molecular flexibility index (Phi) is 7.72. The van der Waals surface area contributed by atoms with Gasteiger partial charge >= 0.3 is 5.97 Å². The molecule has 0 aliphatic rings. The summed E-state index contributed by atoms with van der Waals surface area (Å²) in [6.45, 7) is 1.43. The van der Waals surface area contributed by atoms with Crippen LogP contribution in [-0.4, -0.2) is 42.8 Å². The second-order valence-corrected chi connectivity index (χ2v) is 5.33. The van der Waals surface area contributed by atoms with E-state index in [1.165, 1.54) is 13.2 Å².